The molecule has 2 aliphatic heterocycles. The molecular formula is C16H22N2O3. The van der Waals surface area contributed by atoms with Crippen LogP contribution in [0, 0.1) is 13.8 Å². The molecule has 2 aliphatic rings. The Labute approximate surface area is 125 Å². The summed E-state index contributed by atoms with van der Waals surface area (Å²) in [6.45, 7) is 5.61. The Morgan fingerprint density at radius 3 is 2.81 bits per heavy atom. The molecule has 2 heterocycles. The van der Waals surface area contributed by atoms with Crippen LogP contribution in [0.4, 0.5) is 10.5 Å². The summed E-state index contributed by atoms with van der Waals surface area (Å²) in [6.07, 6.45) is 0.702. The van der Waals surface area contributed by atoms with E-state index in [1.807, 2.05) is 0 Å². The first kappa shape index (κ1) is 14.0. The van der Waals surface area contributed by atoms with Gasteiger partial charge in [-0.2, -0.15) is 0 Å². The van der Waals surface area contributed by atoms with Crippen molar-refractivity contribution in [3.05, 3.63) is 22.8 Å². The summed E-state index contributed by atoms with van der Waals surface area (Å²) in [7, 11) is 3.15. The molecule has 1 fully saturated rings. The number of fused-ring (bicyclic) bond motifs is 3. The summed E-state index contributed by atoms with van der Waals surface area (Å²) in [5.74, 6) is 1.26. The zero-order valence-electron chi connectivity index (χ0n) is 13.0. The zero-order chi connectivity index (χ0) is 15.1. The first-order valence-corrected chi connectivity index (χ1v) is 7.34. The molecule has 0 aromatic heterocycles. The molecule has 0 radical (unpaired) electrons. The molecule has 1 aromatic carbocycles. The monoisotopic (exact) mass is 290 g/mol. The second kappa shape index (κ2) is 5.13. The number of piperidine rings is 1. The summed E-state index contributed by atoms with van der Waals surface area (Å²) in [4.78, 5) is 13.6. The highest BCUT2D eigenvalue weighted by molar-refractivity contribution is 5.71. The van der Waals surface area contributed by atoms with E-state index in [9.17, 15) is 4.79 Å². The molecule has 114 valence electrons. The van der Waals surface area contributed by atoms with E-state index in [0.29, 0.717) is 18.5 Å². The van der Waals surface area contributed by atoms with Crippen molar-refractivity contribution in [2.24, 2.45) is 0 Å². The van der Waals surface area contributed by atoms with Gasteiger partial charge >= 0.3 is 6.09 Å². The molecule has 21 heavy (non-hydrogen) atoms. The molecule has 1 amide bonds. The van der Waals surface area contributed by atoms with Crippen LogP contribution in [0.25, 0.3) is 0 Å². The lowest BCUT2D eigenvalue weighted by Gasteiger charge is -2.34. The summed E-state index contributed by atoms with van der Waals surface area (Å²) >= 11 is 0. The van der Waals surface area contributed by atoms with Gasteiger partial charge in [-0.3, -0.25) is 0 Å². The summed E-state index contributed by atoms with van der Waals surface area (Å²) in [6, 6.07) is 2.55. The van der Waals surface area contributed by atoms with Crippen LogP contribution in [-0.2, 0) is 4.74 Å². The number of nitrogens with one attached hydrogen (secondary N) is 1. The lowest BCUT2D eigenvalue weighted by Crippen LogP contribution is -2.45. The van der Waals surface area contributed by atoms with E-state index in [1.54, 1.807) is 12.0 Å². The number of ether oxygens (including phenoxy) is 2. The Morgan fingerprint density at radius 1 is 1.38 bits per heavy atom. The molecule has 5 nitrogen and oxygen atoms in total. The predicted molar refractivity (Wildman–Crippen MR) is 81.2 cm³/mol. The van der Waals surface area contributed by atoms with Gasteiger partial charge < -0.3 is 19.7 Å². The maximum absolute atomic E-state index is 11.8. The number of amides is 1. The molecule has 0 saturated carbocycles. The van der Waals surface area contributed by atoms with Crippen molar-refractivity contribution in [3.63, 3.8) is 0 Å². The van der Waals surface area contributed by atoms with E-state index in [0.717, 1.165) is 24.3 Å². The van der Waals surface area contributed by atoms with Crippen molar-refractivity contribution in [3.8, 4) is 5.75 Å². The lowest BCUT2D eigenvalue weighted by atomic mass is 9.86. The maximum Gasteiger partial charge on any atom is 0.409 e. The van der Waals surface area contributed by atoms with Crippen molar-refractivity contribution >= 4 is 11.8 Å². The van der Waals surface area contributed by atoms with Gasteiger partial charge in [0.15, 0.2) is 0 Å². The minimum absolute atomic E-state index is 0.237. The fraction of sp³-hybridized carbons (Fsp3) is 0.562. The molecule has 0 aliphatic carbocycles. The number of anilines is 1. The van der Waals surface area contributed by atoms with Crippen LogP contribution in [0.5, 0.6) is 5.75 Å². The van der Waals surface area contributed by atoms with Gasteiger partial charge in [-0.1, -0.05) is 0 Å². The van der Waals surface area contributed by atoms with Gasteiger partial charge in [0.2, 0.25) is 0 Å². The van der Waals surface area contributed by atoms with Gasteiger partial charge in [0.25, 0.3) is 0 Å². The number of carbonyl (C=O) groups excluding carboxylic acids is 1. The topological polar surface area (TPSA) is 50.8 Å². The molecule has 3 rings (SSSR count). The van der Waals surface area contributed by atoms with Crippen molar-refractivity contribution in [1.29, 1.82) is 0 Å². The molecular weight excluding hydrogens is 268 g/mol. The third kappa shape index (κ3) is 2.11. The molecule has 0 bridgehead atoms. The Kier molecular flexibility index (Phi) is 3.43. The third-order valence-corrected chi connectivity index (χ3v) is 4.72. The van der Waals surface area contributed by atoms with E-state index < -0.39 is 0 Å². The first-order valence-electron chi connectivity index (χ1n) is 7.34. The standard InChI is InChI=1S/C16H22N2O3/c1-9-7-13-14(10(2)15(9)20-3)11-8-18(16(19)21-4)6-5-12(11)17-13/h7,11-12,17H,5-6,8H2,1-4H3/t11-,12+/m1/s1. The maximum atomic E-state index is 11.8. The average molecular weight is 290 g/mol. The fourth-order valence-corrected chi connectivity index (χ4v) is 3.80. The van der Waals surface area contributed by atoms with Crippen LogP contribution in [0.3, 0.4) is 0 Å². The number of likely N-dealkylation sites (tertiary alicyclic amines) is 1. The van der Waals surface area contributed by atoms with Crippen molar-refractivity contribution in [2.75, 3.05) is 32.6 Å². The number of methoxy groups -OCH3 is 2. The van der Waals surface area contributed by atoms with Gasteiger partial charge in [0.05, 0.1) is 14.2 Å². The SMILES string of the molecule is COC(=O)N1CC[C@@H]2Nc3cc(C)c(OC)c(C)c3[C@@H]2C1. The quantitative estimate of drug-likeness (QED) is 0.864. The molecule has 1 N–H and O–H groups in total. The molecule has 5 heteroatoms. The largest absolute Gasteiger partial charge is 0.496 e. The predicted octanol–water partition coefficient (Wildman–Crippen LogP) is 2.66. The van der Waals surface area contributed by atoms with Gasteiger partial charge in [-0.15, -0.1) is 0 Å². The third-order valence-electron chi connectivity index (χ3n) is 4.72. The highest BCUT2D eigenvalue weighted by Gasteiger charge is 2.40. The number of hydrogen-bond donors (Lipinski definition) is 1. The number of aryl methyl sites for hydroxylation is 1. The molecule has 2 atom stereocenters. The summed E-state index contributed by atoms with van der Waals surface area (Å²) in [5, 5.41) is 3.61. The zero-order valence-corrected chi connectivity index (χ0v) is 13.0. The van der Waals surface area contributed by atoms with E-state index in [1.165, 1.54) is 23.9 Å². The Hall–Kier alpha value is -1.91. The van der Waals surface area contributed by atoms with Gasteiger partial charge in [0, 0.05) is 30.7 Å². The van der Waals surface area contributed by atoms with Crippen LogP contribution < -0.4 is 10.1 Å². The summed E-state index contributed by atoms with van der Waals surface area (Å²) in [5.41, 5.74) is 4.80. The van der Waals surface area contributed by atoms with Gasteiger partial charge in [0.1, 0.15) is 5.75 Å². The van der Waals surface area contributed by atoms with Crippen LogP contribution >= 0.6 is 0 Å². The van der Waals surface area contributed by atoms with Crippen molar-refractivity contribution in [2.45, 2.75) is 32.2 Å². The van der Waals surface area contributed by atoms with Crippen LogP contribution in [-0.4, -0.2) is 44.3 Å². The first-order chi connectivity index (χ1) is 10.1. The minimum atomic E-state index is -0.237. The van der Waals surface area contributed by atoms with Crippen molar-refractivity contribution < 1.29 is 14.3 Å². The fourth-order valence-electron chi connectivity index (χ4n) is 3.80. The highest BCUT2D eigenvalue weighted by atomic mass is 16.5. The van der Waals surface area contributed by atoms with Crippen LogP contribution in [0.15, 0.2) is 6.07 Å². The van der Waals surface area contributed by atoms with Crippen LogP contribution in [0.2, 0.25) is 0 Å². The minimum Gasteiger partial charge on any atom is -0.496 e. The Balaban J connectivity index is 1.98. The number of rotatable bonds is 1. The van der Waals surface area contributed by atoms with Gasteiger partial charge in [-0.05, 0) is 43.0 Å². The number of nitrogens with zero attached hydrogens (tertiary/aromatic N) is 1. The van der Waals surface area contributed by atoms with Crippen molar-refractivity contribution in [1.82, 2.24) is 4.90 Å². The van der Waals surface area contributed by atoms with E-state index in [-0.39, 0.29) is 6.09 Å². The molecule has 1 aromatic rings. The second-order valence-corrected chi connectivity index (χ2v) is 5.87. The Morgan fingerprint density at radius 2 is 2.14 bits per heavy atom. The average Bonchev–Trinajstić information content (AvgIpc) is 2.83. The smallest absolute Gasteiger partial charge is 0.409 e. The molecule has 1 saturated heterocycles. The highest BCUT2D eigenvalue weighted by Crippen LogP contribution is 2.45. The van der Waals surface area contributed by atoms with E-state index in [4.69, 9.17) is 9.47 Å². The lowest BCUT2D eigenvalue weighted by molar-refractivity contribution is 0.109. The van der Waals surface area contributed by atoms with Gasteiger partial charge in [-0.25, -0.2) is 4.79 Å². The van der Waals surface area contributed by atoms with Crippen LogP contribution in [0.1, 0.15) is 29.0 Å². The van der Waals surface area contributed by atoms with E-state index in [2.05, 4.69) is 25.2 Å². The molecule has 0 unspecified atom stereocenters. The normalized spacial score (nSPS) is 23.1. The second-order valence-electron chi connectivity index (χ2n) is 5.87. The number of hydrogen-bond acceptors (Lipinski definition) is 4. The Bertz CT molecular complexity index is 585. The van der Waals surface area contributed by atoms with E-state index >= 15 is 0 Å². The number of benzene rings is 1. The molecule has 0 spiro atoms. The number of carbonyl (C=O) groups is 1. The summed E-state index contributed by atoms with van der Waals surface area (Å²) < 4.78 is 10.4.